The van der Waals surface area contributed by atoms with Crippen LogP contribution in [0.25, 0.3) is 0 Å². The van der Waals surface area contributed by atoms with Crippen molar-refractivity contribution >= 4 is 11.3 Å². The number of benzene rings is 1. The van der Waals surface area contributed by atoms with Crippen LogP contribution in [0.2, 0.25) is 0 Å². The Balaban J connectivity index is 1.63. The van der Waals surface area contributed by atoms with Crippen LogP contribution in [-0.4, -0.2) is 11.2 Å². The summed E-state index contributed by atoms with van der Waals surface area (Å²) in [5.41, 5.74) is 0.951. The van der Waals surface area contributed by atoms with Crippen molar-refractivity contribution in [3.63, 3.8) is 0 Å². The van der Waals surface area contributed by atoms with E-state index in [-0.39, 0.29) is 0 Å². The van der Waals surface area contributed by atoms with Crippen LogP contribution in [0, 0.1) is 0 Å². The first-order chi connectivity index (χ1) is 8.81. The van der Waals surface area contributed by atoms with Gasteiger partial charge < -0.3 is 9.84 Å². The van der Waals surface area contributed by atoms with Crippen LogP contribution in [0.5, 0.6) is 5.75 Å². The van der Waals surface area contributed by atoms with Crippen molar-refractivity contribution in [1.82, 2.24) is 0 Å². The summed E-state index contributed by atoms with van der Waals surface area (Å²) in [6, 6.07) is 11.9. The molecule has 0 radical (unpaired) electrons. The fourth-order valence-electron chi connectivity index (χ4n) is 1.88. The van der Waals surface area contributed by atoms with Crippen LogP contribution in [0.3, 0.4) is 0 Å². The first-order valence-corrected chi connectivity index (χ1v) is 7.16. The molecule has 2 nitrogen and oxygen atoms in total. The van der Waals surface area contributed by atoms with Gasteiger partial charge in [-0.05, 0) is 42.0 Å². The lowest BCUT2D eigenvalue weighted by Gasteiger charge is -2.11. The van der Waals surface area contributed by atoms with E-state index in [2.05, 4.69) is 6.07 Å². The summed E-state index contributed by atoms with van der Waals surface area (Å²) in [7, 11) is 0. The predicted octanol–water partition coefficient (Wildman–Crippen LogP) is 3.57. The third-order valence-electron chi connectivity index (χ3n) is 3.07. The van der Waals surface area contributed by atoms with Gasteiger partial charge in [0.15, 0.2) is 0 Å². The van der Waals surface area contributed by atoms with E-state index in [0.29, 0.717) is 12.5 Å². The van der Waals surface area contributed by atoms with Crippen LogP contribution in [0.15, 0.2) is 41.8 Å². The van der Waals surface area contributed by atoms with Gasteiger partial charge in [0, 0.05) is 11.3 Å². The molecule has 1 heterocycles. The van der Waals surface area contributed by atoms with Crippen LogP contribution in [-0.2, 0) is 6.42 Å². The number of aliphatic hydroxyl groups excluding tert-OH is 1. The maximum Gasteiger partial charge on any atom is 0.119 e. The van der Waals surface area contributed by atoms with E-state index in [9.17, 15) is 5.11 Å². The van der Waals surface area contributed by atoms with Crippen LogP contribution in [0.4, 0.5) is 0 Å². The second kappa shape index (κ2) is 5.12. The predicted molar refractivity (Wildman–Crippen MR) is 73.1 cm³/mol. The number of hydrogen-bond acceptors (Lipinski definition) is 3. The Morgan fingerprint density at radius 3 is 2.61 bits per heavy atom. The Morgan fingerprint density at radius 1 is 1.22 bits per heavy atom. The molecule has 1 saturated carbocycles. The number of aliphatic hydroxyl groups is 1. The lowest BCUT2D eigenvalue weighted by atomic mass is 10.1. The molecule has 1 fully saturated rings. The molecule has 1 aromatic carbocycles. The largest absolute Gasteiger partial charge is 0.490 e. The minimum atomic E-state index is -0.432. The number of rotatable bonds is 5. The van der Waals surface area contributed by atoms with Gasteiger partial charge >= 0.3 is 0 Å². The van der Waals surface area contributed by atoms with E-state index in [1.165, 1.54) is 17.7 Å². The van der Waals surface area contributed by atoms with Crippen molar-refractivity contribution in [2.45, 2.75) is 31.5 Å². The summed E-state index contributed by atoms with van der Waals surface area (Å²) in [6.45, 7) is 0. The number of ether oxygens (including phenoxy) is 1. The van der Waals surface area contributed by atoms with Gasteiger partial charge in [0.1, 0.15) is 5.75 Å². The Morgan fingerprint density at radius 2 is 2.00 bits per heavy atom. The van der Waals surface area contributed by atoms with Crippen molar-refractivity contribution in [2.24, 2.45) is 0 Å². The molecule has 0 amide bonds. The molecular formula is C15H16O2S. The molecule has 18 heavy (non-hydrogen) atoms. The first kappa shape index (κ1) is 11.8. The number of thiophene rings is 1. The molecule has 94 valence electrons. The smallest absolute Gasteiger partial charge is 0.119 e. The average molecular weight is 260 g/mol. The topological polar surface area (TPSA) is 29.5 Å². The fourth-order valence-corrected chi connectivity index (χ4v) is 2.63. The van der Waals surface area contributed by atoms with Gasteiger partial charge in [-0.1, -0.05) is 18.2 Å². The van der Waals surface area contributed by atoms with Crippen molar-refractivity contribution in [2.75, 3.05) is 0 Å². The highest BCUT2D eigenvalue weighted by atomic mass is 32.1. The first-order valence-electron chi connectivity index (χ1n) is 6.28. The molecule has 1 aliphatic carbocycles. The number of hydrogen-bond donors (Lipinski definition) is 1. The monoisotopic (exact) mass is 260 g/mol. The highest BCUT2D eigenvalue weighted by Crippen LogP contribution is 2.28. The fraction of sp³-hybridized carbons (Fsp3) is 0.333. The molecule has 2 aromatic rings. The summed E-state index contributed by atoms with van der Waals surface area (Å²) in [6.07, 6.45) is 3.01. The molecule has 3 heteroatoms. The minimum Gasteiger partial charge on any atom is -0.490 e. The van der Waals surface area contributed by atoms with Gasteiger partial charge in [-0.2, -0.15) is 0 Å². The van der Waals surface area contributed by atoms with Gasteiger partial charge in [-0.15, -0.1) is 11.3 Å². The quantitative estimate of drug-likeness (QED) is 0.890. The summed E-state index contributed by atoms with van der Waals surface area (Å²) in [5.74, 6) is 0.907. The summed E-state index contributed by atoms with van der Waals surface area (Å²) in [4.78, 5) is 1.21. The second-order valence-corrected chi connectivity index (χ2v) is 5.72. The van der Waals surface area contributed by atoms with Crippen molar-refractivity contribution in [3.05, 3.63) is 52.2 Å². The Hall–Kier alpha value is -1.32. The van der Waals surface area contributed by atoms with E-state index in [1.807, 2.05) is 35.7 Å². The average Bonchev–Trinajstić information content (AvgIpc) is 3.04. The third kappa shape index (κ3) is 2.92. The molecule has 1 unspecified atom stereocenters. The maximum atomic E-state index is 10.1. The molecule has 0 bridgehead atoms. The molecule has 0 aliphatic heterocycles. The SMILES string of the molecule is OC(Cc1cccs1)c1ccc(OC2CC2)cc1. The Bertz CT molecular complexity index is 486. The van der Waals surface area contributed by atoms with E-state index >= 15 is 0 Å². The molecule has 1 aromatic heterocycles. The summed E-state index contributed by atoms with van der Waals surface area (Å²) < 4.78 is 5.69. The molecule has 1 aliphatic rings. The Labute approximate surface area is 111 Å². The second-order valence-electron chi connectivity index (χ2n) is 4.69. The summed E-state index contributed by atoms with van der Waals surface area (Å²) >= 11 is 1.68. The van der Waals surface area contributed by atoms with Gasteiger partial charge in [-0.3, -0.25) is 0 Å². The van der Waals surface area contributed by atoms with E-state index < -0.39 is 6.10 Å². The molecular weight excluding hydrogens is 244 g/mol. The van der Waals surface area contributed by atoms with Crippen molar-refractivity contribution < 1.29 is 9.84 Å². The van der Waals surface area contributed by atoms with Crippen molar-refractivity contribution in [1.29, 1.82) is 0 Å². The zero-order valence-corrected chi connectivity index (χ0v) is 10.9. The molecule has 1 atom stereocenters. The lowest BCUT2D eigenvalue weighted by Crippen LogP contribution is -2.01. The molecule has 0 saturated heterocycles. The minimum absolute atomic E-state index is 0.423. The highest BCUT2D eigenvalue weighted by Gasteiger charge is 2.23. The van der Waals surface area contributed by atoms with Gasteiger partial charge in [0.2, 0.25) is 0 Å². The van der Waals surface area contributed by atoms with Crippen LogP contribution < -0.4 is 4.74 Å². The maximum absolute atomic E-state index is 10.1. The standard InChI is InChI=1S/C15H16O2S/c16-15(10-14-2-1-9-18-14)11-3-5-12(6-4-11)17-13-7-8-13/h1-6,9,13,15-16H,7-8,10H2. The molecule has 3 rings (SSSR count). The van der Waals surface area contributed by atoms with E-state index in [0.717, 1.165) is 11.3 Å². The Kier molecular flexibility index (Phi) is 3.35. The van der Waals surface area contributed by atoms with Gasteiger partial charge in [0.05, 0.1) is 12.2 Å². The lowest BCUT2D eigenvalue weighted by molar-refractivity contribution is 0.179. The summed E-state index contributed by atoms with van der Waals surface area (Å²) in [5, 5.41) is 12.2. The van der Waals surface area contributed by atoms with Gasteiger partial charge in [0.25, 0.3) is 0 Å². The highest BCUT2D eigenvalue weighted by molar-refractivity contribution is 7.09. The van der Waals surface area contributed by atoms with Gasteiger partial charge in [-0.25, -0.2) is 0 Å². The van der Waals surface area contributed by atoms with Crippen LogP contribution >= 0.6 is 11.3 Å². The van der Waals surface area contributed by atoms with E-state index in [1.54, 1.807) is 11.3 Å². The van der Waals surface area contributed by atoms with Crippen LogP contribution in [0.1, 0.15) is 29.4 Å². The zero-order chi connectivity index (χ0) is 12.4. The third-order valence-corrected chi connectivity index (χ3v) is 3.97. The zero-order valence-electron chi connectivity index (χ0n) is 10.1. The van der Waals surface area contributed by atoms with Crippen molar-refractivity contribution in [3.8, 4) is 5.75 Å². The van der Waals surface area contributed by atoms with E-state index in [4.69, 9.17) is 4.74 Å². The molecule has 0 spiro atoms. The normalized spacial score (nSPS) is 16.5. The molecule has 1 N–H and O–H groups in total.